The Labute approximate surface area is 88.4 Å². The molecule has 0 saturated carbocycles. The second-order valence-electron chi connectivity index (χ2n) is 2.23. The third-order valence-electron chi connectivity index (χ3n) is 1.40. The maximum absolute atomic E-state index is 9.42. The fraction of sp³-hybridized carbons (Fsp3) is 0.111. The monoisotopic (exact) mass is 290 g/mol. The Kier molecular flexibility index (Phi) is 3.82. The van der Waals surface area contributed by atoms with Gasteiger partial charge in [-0.15, -0.1) is 0 Å². The van der Waals surface area contributed by atoms with Gasteiger partial charge in [0.25, 0.3) is 0 Å². The molecular weight excluding hydrogens is 284 g/mol. The molecular formula is C9H8Br2O. The molecule has 0 saturated heterocycles. The molecule has 0 unspecified atom stereocenters. The van der Waals surface area contributed by atoms with Crippen molar-refractivity contribution < 1.29 is 5.11 Å². The number of halogens is 2. The zero-order chi connectivity index (χ0) is 8.97. The van der Waals surface area contributed by atoms with Gasteiger partial charge < -0.3 is 5.11 Å². The van der Waals surface area contributed by atoms with E-state index in [0.29, 0.717) is 5.75 Å². The van der Waals surface area contributed by atoms with E-state index >= 15 is 0 Å². The molecule has 0 spiro atoms. The third kappa shape index (κ3) is 2.35. The number of allylic oxidation sites excluding steroid dienone is 1. The molecule has 0 radical (unpaired) electrons. The minimum atomic E-state index is 0.293. The van der Waals surface area contributed by atoms with Gasteiger partial charge in [0.1, 0.15) is 5.75 Å². The van der Waals surface area contributed by atoms with Gasteiger partial charge >= 0.3 is 0 Å². The van der Waals surface area contributed by atoms with Gasteiger partial charge in [-0.05, 0) is 12.1 Å². The zero-order valence-corrected chi connectivity index (χ0v) is 9.47. The van der Waals surface area contributed by atoms with E-state index in [4.69, 9.17) is 0 Å². The van der Waals surface area contributed by atoms with E-state index in [1.807, 2.05) is 18.2 Å². The lowest BCUT2D eigenvalue weighted by molar-refractivity contribution is 0.473. The quantitative estimate of drug-likeness (QED) is 0.826. The van der Waals surface area contributed by atoms with Crippen molar-refractivity contribution in [1.29, 1.82) is 0 Å². The summed E-state index contributed by atoms with van der Waals surface area (Å²) in [4.78, 5) is 0. The summed E-state index contributed by atoms with van der Waals surface area (Å²) in [7, 11) is 0. The van der Waals surface area contributed by atoms with Crippen LogP contribution >= 0.6 is 31.9 Å². The molecule has 0 heterocycles. The number of benzene rings is 1. The van der Waals surface area contributed by atoms with Crippen LogP contribution in [0.5, 0.6) is 5.75 Å². The normalized spacial score (nSPS) is 10.8. The van der Waals surface area contributed by atoms with Crippen LogP contribution < -0.4 is 0 Å². The van der Waals surface area contributed by atoms with Crippen molar-refractivity contribution in [1.82, 2.24) is 0 Å². The fourth-order valence-electron chi connectivity index (χ4n) is 0.853. The van der Waals surface area contributed by atoms with Crippen LogP contribution in [0.2, 0.25) is 0 Å². The second-order valence-corrected chi connectivity index (χ2v) is 3.73. The Balaban J connectivity index is 3.04. The molecule has 3 heteroatoms. The van der Waals surface area contributed by atoms with Crippen LogP contribution in [0.25, 0.3) is 6.08 Å². The Morgan fingerprint density at radius 3 is 2.75 bits per heavy atom. The smallest absolute Gasteiger partial charge is 0.123 e. The fourth-order valence-corrected chi connectivity index (χ4v) is 1.53. The summed E-state index contributed by atoms with van der Waals surface area (Å²) in [5, 5.41) is 10.2. The summed E-state index contributed by atoms with van der Waals surface area (Å²) in [5.41, 5.74) is 0.817. The van der Waals surface area contributed by atoms with E-state index in [-0.39, 0.29) is 0 Å². The SMILES string of the molecule is Oc1cccc(Br)c1C=CCBr. The lowest BCUT2D eigenvalue weighted by Gasteiger charge is -2.00. The van der Waals surface area contributed by atoms with Gasteiger partial charge in [0.05, 0.1) is 0 Å². The first-order valence-corrected chi connectivity index (χ1v) is 5.37. The summed E-state index contributed by atoms with van der Waals surface area (Å²) in [6, 6.07) is 5.36. The van der Waals surface area contributed by atoms with Crippen molar-refractivity contribution in [3.63, 3.8) is 0 Å². The standard InChI is InChI=1S/C9H8Br2O/c10-6-2-3-7-8(11)4-1-5-9(7)12/h1-5,12H,6H2. The summed E-state index contributed by atoms with van der Waals surface area (Å²) in [6.07, 6.45) is 3.80. The second kappa shape index (κ2) is 4.67. The van der Waals surface area contributed by atoms with E-state index in [0.717, 1.165) is 15.4 Å². The summed E-state index contributed by atoms with van der Waals surface area (Å²) < 4.78 is 0.903. The topological polar surface area (TPSA) is 20.2 Å². The molecule has 1 N–H and O–H groups in total. The van der Waals surface area contributed by atoms with Gasteiger partial charge in [-0.25, -0.2) is 0 Å². The molecule has 12 heavy (non-hydrogen) atoms. The summed E-state index contributed by atoms with van der Waals surface area (Å²) in [6.45, 7) is 0. The van der Waals surface area contributed by atoms with Gasteiger partial charge in [-0.2, -0.15) is 0 Å². The van der Waals surface area contributed by atoms with Crippen LogP contribution in [-0.4, -0.2) is 10.4 Å². The molecule has 1 nitrogen and oxygen atoms in total. The summed E-state index contributed by atoms with van der Waals surface area (Å²) in [5.74, 6) is 0.293. The average molecular weight is 292 g/mol. The number of rotatable bonds is 2. The molecule has 0 atom stereocenters. The molecule has 0 amide bonds. The minimum absolute atomic E-state index is 0.293. The number of aromatic hydroxyl groups is 1. The van der Waals surface area contributed by atoms with Gasteiger partial charge in [0.15, 0.2) is 0 Å². The minimum Gasteiger partial charge on any atom is -0.507 e. The Morgan fingerprint density at radius 1 is 1.42 bits per heavy atom. The Bertz CT molecular complexity index is 274. The lowest BCUT2D eigenvalue weighted by atomic mass is 10.2. The Morgan fingerprint density at radius 2 is 2.17 bits per heavy atom. The first-order valence-electron chi connectivity index (χ1n) is 3.45. The molecule has 1 aromatic rings. The van der Waals surface area contributed by atoms with E-state index in [2.05, 4.69) is 31.9 Å². The van der Waals surface area contributed by atoms with E-state index in [9.17, 15) is 5.11 Å². The van der Waals surface area contributed by atoms with Crippen molar-refractivity contribution in [2.45, 2.75) is 0 Å². The van der Waals surface area contributed by atoms with Crippen LogP contribution in [0.3, 0.4) is 0 Å². The van der Waals surface area contributed by atoms with Gasteiger partial charge in [-0.1, -0.05) is 50.1 Å². The highest BCUT2D eigenvalue weighted by Crippen LogP contribution is 2.26. The predicted molar refractivity (Wildman–Crippen MR) is 58.6 cm³/mol. The van der Waals surface area contributed by atoms with Gasteiger partial charge in [-0.3, -0.25) is 0 Å². The van der Waals surface area contributed by atoms with Crippen LogP contribution in [0.1, 0.15) is 5.56 Å². The summed E-state index contributed by atoms with van der Waals surface area (Å²) >= 11 is 6.62. The lowest BCUT2D eigenvalue weighted by Crippen LogP contribution is -1.76. The van der Waals surface area contributed by atoms with Crippen LogP contribution in [0, 0.1) is 0 Å². The van der Waals surface area contributed by atoms with Crippen LogP contribution in [0.4, 0.5) is 0 Å². The number of hydrogen-bond acceptors (Lipinski definition) is 1. The third-order valence-corrected chi connectivity index (χ3v) is 2.47. The molecule has 0 fully saturated rings. The highest BCUT2D eigenvalue weighted by atomic mass is 79.9. The van der Waals surface area contributed by atoms with E-state index in [1.165, 1.54) is 0 Å². The molecule has 0 aliphatic heterocycles. The highest BCUT2D eigenvalue weighted by molar-refractivity contribution is 9.10. The largest absolute Gasteiger partial charge is 0.507 e. The number of hydrogen-bond donors (Lipinski definition) is 1. The van der Waals surface area contributed by atoms with Crippen LogP contribution in [-0.2, 0) is 0 Å². The van der Waals surface area contributed by atoms with Crippen molar-refractivity contribution in [3.8, 4) is 5.75 Å². The van der Waals surface area contributed by atoms with E-state index in [1.54, 1.807) is 12.1 Å². The van der Waals surface area contributed by atoms with Crippen molar-refractivity contribution in [2.75, 3.05) is 5.33 Å². The molecule has 1 aromatic carbocycles. The maximum Gasteiger partial charge on any atom is 0.123 e. The van der Waals surface area contributed by atoms with Crippen molar-refractivity contribution in [3.05, 3.63) is 34.3 Å². The maximum atomic E-state index is 9.42. The average Bonchev–Trinajstić information content (AvgIpc) is 2.04. The molecule has 1 rings (SSSR count). The predicted octanol–water partition coefficient (Wildman–Crippen LogP) is 3.56. The van der Waals surface area contributed by atoms with Gasteiger partial charge in [0, 0.05) is 15.4 Å². The molecule has 0 bridgehead atoms. The highest BCUT2D eigenvalue weighted by Gasteiger charge is 1.99. The first kappa shape index (κ1) is 9.81. The first-order chi connectivity index (χ1) is 5.75. The van der Waals surface area contributed by atoms with Crippen molar-refractivity contribution >= 4 is 37.9 Å². The van der Waals surface area contributed by atoms with Crippen molar-refractivity contribution in [2.24, 2.45) is 0 Å². The number of alkyl halides is 1. The number of phenolic OH excluding ortho intramolecular Hbond substituents is 1. The Hall–Kier alpha value is -0.280. The molecule has 0 aromatic heterocycles. The van der Waals surface area contributed by atoms with Gasteiger partial charge in [0.2, 0.25) is 0 Å². The zero-order valence-electron chi connectivity index (χ0n) is 6.30. The van der Waals surface area contributed by atoms with E-state index < -0.39 is 0 Å². The molecule has 0 aliphatic carbocycles. The molecule has 0 aliphatic rings. The number of phenols is 1. The molecule has 64 valence electrons. The van der Waals surface area contributed by atoms with Crippen LogP contribution in [0.15, 0.2) is 28.7 Å².